The summed E-state index contributed by atoms with van der Waals surface area (Å²) in [6.45, 7) is 2.54. The molecule has 20 heavy (non-hydrogen) atoms. The minimum Gasteiger partial charge on any atom is -0.480 e. The number of unbranched alkanes of at least 4 members (excludes halogenated alkanes) is 6. The fourth-order valence-corrected chi connectivity index (χ4v) is 2.73. The Labute approximate surface area is 121 Å². The number of carbonyl (C=O) groups is 2. The lowest BCUT2D eigenvalue weighted by Gasteiger charge is -2.22. The van der Waals surface area contributed by atoms with Crippen molar-refractivity contribution in [3.05, 3.63) is 0 Å². The van der Waals surface area contributed by atoms with Gasteiger partial charge in [0.2, 0.25) is 5.91 Å². The molecule has 1 aliphatic heterocycles. The van der Waals surface area contributed by atoms with Gasteiger partial charge in [-0.25, -0.2) is 4.79 Å². The molecule has 1 aliphatic rings. The number of amides is 1. The molecule has 0 spiro atoms. The van der Waals surface area contributed by atoms with E-state index in [0.29, 0.717) is 19.4 Å². The maximum atomic E-state index is 12.0. The summed E-state index contributed by atoms with van der Waals surface area (Å²) in [6.07, 6.45) is 7.75. The van der Waals surface area contributed by atoms with Gasteiger partial charge >= 0.3 is 5.97 Å². The van der Waals surface area contributed by atoms with Crippen LogP contribution in [-0.4, -0.2) is 45.7 Å². The minimum atomic E-state index is -1.11. The van der Waals surface area contributed by atoms with Gasteiger partial charge in [-0.3, -0.25) is 4.79 Å². The number of carboxylic acids is 1. The number of aliphatic hydroxyl groups excluding tert-OH is 1. The van der Waals surface area contributed by atoms with Gasteiger partial charge in [0, 0.05) is 13.0 Å². The summed E-state index contributed by atoms with van der Waals surface area (Å²) in [5.41, 5.74) is 0. The fraction of sp³-hybridized carbons (Fsp3) is 0.867. The maximum Gasteiger partial charge on any atom is 0.329 e. The van der Waals surface area contributed by atoms with Crippen molar-refractivity contribution < 1.29 is 19.8 Å². The van der Waals surface area contributed by atoms with Crippen molar-refractivity contribution >= 4 is 11.9 Å². The highest BCUT2D eigenvalue weighted by Crippen LogP contribution is 2.20. The Morgan fingerprint density at radius 2 is 1.70 bits per heavy atom. The lowest BCUT2D eigenvalue weighted by Crippen LogP contribution is -2.44. The van der Waals surface area contributed by atoms with Crippen LogP contribution in [0.5, 0.6) is 0 Å². The summed E-state index contributed by atoms with van der Waals surface area (Å²) < 4.78 is 0. The summed E-state index contributed by atoms with van der Waals surface area (Å²) in [7, 11) is 0. The van der Waals surface area contributed by atoms with Crippen molar-refractivity contribution in [3.63, 3.8) is 0 Å². The van der Waals surface area contributed by atoms with E-state index in [-0.39, 0.29) is 5.91 Å². The zero-order valence-corrected chi connectivity index (χ0v) is 12.4. The standard InChI is InChI=1S/C15H27NO4/c1-2-3-4-5-6-7-8-9-13(18)16-11-10-12(17)14(16)15(19)20/h12,14,17H,2-11H2,1H3,(H,19,20)/t12?,14-/m0/s1. The quantitative estimate of drug-likeness (QED) is 0.636. The number of nitrogens with zero attached hydrogens (tertiary/aromatic N) is 1. The smallest absolute Gasteiger partial charge is 0.329 e. The predicted octanol–water partition coefficient (Wildman–Crippen LogP) is 2.17. The Bertz CT molecular complexity index is 319. The molecule has 0 aliphatic carbocycles. The van der Waals surface area contributed by atoms with Gasteiger partial charge in [0.1, 0.15) is 0 Å². The van der Waals surface area contributed by atoms with Gasteiger partial charge in [-0.05, 0) is 12.8 Å². The van der Waals surface area contributed by atoms with Gasteiger partial charge in [-0.2, -0.15) is 0 Å². The summed E-state index contributed by atoms with van der Waals surface area (Å²) in [4.78, 5) is 24.4. The number of rotatable bonds is 9. The fourth-order valence-electron chi connectivity index (χ4n) is 2.73. The van der Waals surface area contributed by atoms with Gasteiger partial charge < -0.3 is 15.1 Å². The van der Waals surface area contributed by atoms with Crippen molar-refractivity contribution in [1.29, 1.82) is 0 Å². The van der Waals surface area contributed by atoms with E-state index >= 15 is 0 Å². The van der Waals surface area contributed by atoms with Crippen LogP contribution in [0.15, 0.2) is 0 Å². The number of carboxylic acid groups (broad SMARTS) is 1. The minimum absolute atomic E-state index is 0.137. The SMILES string of the molecule is CCCCCCCCCC(=O)N1CCC(O)[C@H]1C(=O)O. The van der Waals surface area contributed by atoms with Crippen LogP contribution in [0, 0.1) is 0 Å². The lowest BCUT2D eigenvalue weighted by atomic mass is 10.1. The molecule has 1 amide bonds. The van der Waals surface area contributed by atoms with E-state index in [1.165, 1.54) is 30.6 Å². The molecule has 1 saturated heterocycles. The molecule has 1 heterocycles. The van der Waals surface area contributed by atoms with Crippen LogP contribution in [0.2, 0.25) is 0 Å². The van der Waals surface area contributed by atoms with Crippen LogP contribution in [0.1, 0.15) is 64.7 Å². The van der Waals surface area contributed by atoms with Gasteiger partial charge in [0.15, 0.2) is 6.04 Å². The third-order valence-electron chi connectivity index (χ3n) is 3.93. The van der Waals surface area contributed by atoms with Crippen molar-refractivity contribution in [3.8, 4) is 0 Å². The topological polar surface area (TPSA) is 77.8 Å². The Morgan fingerprint density at radius 1 is 1.10 bits per heavy atom. The second kappa shape index (κ2) is 8.95. The van der Waals surface area contributed by atoms with Crippen molar-refractivity contribution in [2.45, 2.75) is 76.9 Å². The van der Waals surface area contributed by atoms with Gasteiger partial charge in [0.05, 0.1) is 6.10 Å². The predicted molar refractivity (Wildman–Crippen MR) is 76.4 cm³/mol. The third-order valence-corrected chi connectivity index (χ3v) is 3.93. The van der Waals surface area contributed by atoms with E-state index in [1.54, 1.807) is 0 Å². The highest BCUT2D eigenvalue weighted by Gasteiger charge is 2.40. The van der Waals surface area contributed by atoms with Gasteiger partial charge in [-0.15, -0.1) is 0 Å². The van der Waals surface area contributed by atoms with E-state index in [1.807, 2.05) is 0 Å². The number of aliphatic carboxylic acids is 1. The molecule has 2 N–H and O–H groups in total. The number of likely N-dealkylation sites (tertiary alicyclic amines) is 1. The van der Waals surface area contributed by atoms with E-state index in [2.05, 4.69) is 6.92 Å². The molecule has 0 saturated carbocycles. The number of aliphatic hydroxyl groups is 1. The number of hydrogen-bond donors (Lipinski definition) is 2. The zero-order chi connectivity index (χ0) is 15.0. The molecular weight excluding hydrogens is 258 g/mol. The first-order valence-corrected chi connectivity index (χ1v) is 7.78. The van der Waals surface area contributed by atoms with Crippen LogP contribution < -0.4 is 0 Å². The van der Waals surface area contributed by atoms with E-state index < -0.39 is 18.1 Å². The summed E-state index contributed by atoms with van der Waals surface area (Å²) in [5, 5.41) is 18.6. The second-order valence-corrected chi connectivity index (χ2v) is 5.60. The van der Waals surface area contributed by atoms with Crippen LogP contribution >= 0.6 is 0 Å². The van der Waals surface area contributed by atoms with Crippen LogP contribution in [0.25, 0.3) is 0 Å². The Balaban J connectivity index is 2.20. The summed E-state index contributed by atoms with van der Waals surface area (Å²) >= 11 is 0. The Morgan fingerprint density at radius 3 is 2.30 bits per heavy atom. The Hall–Kier alpha value is -1.10. The van der Waals surface area contributed by atoms with Crippen LogP contribution in [0.3, 0.4) is 0 Å². The average Bonchev–Trinajstić information content (AvgIpc) is 2.79. The van der Waals surface area contributed by atoms with E-state index in [0.717, 1.165) is 19.3 Å². The molecule has 0 radical (unpaired) electrons. The molecule has 5 heteroatoms. The first-order chi connectivity index (χ1) is 9.57. The molecule has 0 aromatic rings. The first-order valence-electron chi connectivity index (χ1n) is 7.78. The molecule has 0 aromatic heterocycles. The number of carbonyl (C=O) groups excluding carboxylic acids is 1. The zero-order valence-electron chi connectivity index (χ0n) is 12.4. The Kier molecular flexibility index (Phi) is 7.59. The van der Waals surface area contributed by atoms with Gasteiger partial charge in [0.25, 0.3) is 0 Å². The van der Waals surface area contributed by atoms with Crippen LogP contribution in [0.4, 0.5) is 0 Å². The molecule has 0 bridgehead atoms. The average molecular weight is 285 g/mol. The molecule has 5 nitrogen and oxygen atoms in total. The molecule has 116 valence electrons. The molecule has 1 unspecified atom stereocenters. The van der Waals surface area contributed by atoms with E-state index in [9.17, 15) is 14.7 Å². The highest BCUT2D eigenvalue weighted by atomic mass is 16.4. The largest absolute Gasteiger partial charge is 0.480 e. The first kappa shape index (κ1) is 17.0. The summed E-state index contributed by atoms with van der Waals surface area (Å²) in [6, 6.07) is -1.05. The van der Waals surface area contributed by atoms with Crippen molar-refractivity contribution in [2.24, 2.45) is 0 Å². The third kappa shape index (κ3) is 5.12. The van der Waals surface area contributed by atoms with Crippen molar-refractivity contribution in [2.75, 3.05) is 6.54 Å². The molecule has 1 fully saturated rings. The lowest BCUT2D eigenvalue weighted by molar-refractivity contribution is -0.151. The van der Waals surface area contributed by atoms with Crippen LogP contribution in [-0.2, 0) is 9.59 Å². The molecule has 1 rings (SSSR count). The van der Waals surface area contributed by atoms with E-state index in [4.69, 9.17) is 5.11 Å². The normalized spacial score (nSPS) is 22.2. The summed E-state index contributed by atoms with van der Waals surface area (Å²) in [5.74, 6) is -1.24. The molecule has 2 atom stereocenters. The highest BCUT2D eigenvalue weighted by molar-refractivity contribution is 5.84. The van der Waals surface area contributed by atoms with Gasteiger partial charge in [-0.1, -0.05) is 45.4 Å². The van der Waals surface area contributed by atoms with Crippen molar-refractivity contribution in [1.82, 2.24) is 4.90 Å². The molecular formula is C15H27NO4. The number of hydrogen-bond acceptors (Lipinski definition) is 3. The maximum absolute atomic E-state index is 12.0. The monoisotopic (exact) mass is 285 g/mol. The molecule has 0 aromatic carbocycles. The second-order valence-electron chi connectivity index (χ2n) is 5.60.